The van der Waals surface area contributed by atoms with Crippen LogP contribution in [0.3, 0.4) is 0 Å². The molecule has 1 aromatic carbocycles. The highest BCUT2D eigenvalue weighted by atomic mass is 16.5. The van der Waals surface area contributed by atoms with Crippen molar-refractivity contribution in [3.63, 3.8) is 0 Å². The Morgan fingerprint density at radius 1 is 1.27 bits per heavy atom. The van der Waals surface area contributed by atoms with Crippen LogP contribution in [-0.2, 0) is 17.6 Å². The summed E-state index contributed by atoms with van der Waals surface area (Å²) in [7, 11) is 0. The summed E-state index contributed by atoms with van der Waals surface area (Å²) in [4.78, 5) is 16.4. The van der Waals surface area contributed by atoms with Gasteiger partial charge in [-0.05, 0) is 56.5 Å². The summed E-state index contributed by atoms with van der Waals surface area (Å²) >= 11 is 0. The fraction of sp³-hybridized carbons (Fsp3) is 0.333. The maximum absolute atomic E-state index is 12.2. The van der Waals surface area contributed by atoms with E-state index in [1.165, 1.54) is 18.4 Å². The number of carbonyl (C=O) groups is 1. The van der Waals surface area contributed by atoms with Crippen LogP contribution in [-0.4, -0.2) is 17.5 Å². The molecule has 1 aliphatic carbocycles. The second-order valence-electron chi connectivity index (χ2n) is 6.70. The van der Waals surface area contributed by atoms with Crippen LogP contribution in [0.15, 0.2) is 47.0 Å². The molecule has 1 amide bonds. The van der Waals surface area contributed by atoms with Gasteiger partial charge in [-0.3, -0.25) is 9.78 Å². The number of aromatic nitrogens is 1. The molecule has 1 aliphatic rings. The first kappa shape index (κ1) is 16.6. The Balaban J connectivity index is 1.40. The van der Waals surface area contributed by atoms with E-state index in [9.17, 15) is 4.79 Å². The van der Waals surface area contributed by atoms with Crippen LogP contribution in [0.2, 0.25) is 0 Å². The summed E-state index contributed by atoms with van der Waals surface area (Å²) in [6, 6.07) is 11.3. The summed E-state index contributed by atoms with van der Waals surface area (Å²) in [5.41, 5.74) is 3.02. The molecule has 0 radical (unpaired) electrons. The van der Waals surface area contributed by atoms with E-state index in [-0.39, 0.29) is 18.6 Å². The van der Waals surface area contributed by atoms with Gasteiger partial charge in [-0.1, -0.05) is 6.07 Å². The quantitative estimate of drug-likeness (QED) is 0.756. The van der Waals surface area contributed by atoms with Crippen LogP contribution >= 0.6 is 0 Å². The molecule has 0 bridgehead atoms. The van der Waals surface area contributed by atoms with Gasteiger partial charge in [0.15, 0.2) is 6.61 Å². The van der Waals surface area contributed by atoms with Gasteiger partial charge in [0.1, 0.15) is 17.1 Å². The van der Waals surface area contributed by atoms with Gasteiger partial charge in [0.05, 0.1) is 11.7 Å². The number of benzene rings is 1. The predicted octanol–water partition coefficient (Wildman–Crippen LogP) is 3.96. The van der Waals surface area contributed by atoms with Crippen molar-refractivity contribution in [2.24, 2.45) is 0 Å². The number of nitrogens with zero attached hydrogens (tertiary/aromatic N) is 1. The van der Waals surface area contributed by atoms with Gasteiger partial charge in [0.2, 0.25) is 0 Å². The van der Waals surface area contributed by atoms with Crippen LogP contribution in [0.4, 0.5) is 0 Å². The molecule has 2 heterocycles. The molecule has 2 aromatic heterocycles. The maximum Gasteiger partial charge on any atom is 0.258 e. The lowest BCUT2D eigenvalue weighted by molar-refractivity contribution is -0.123. The maximum atomic E-state index is 12.2. The number of pyridine rings is 1. The zero-order chi connectivity index (χ0) is 17.9. The summed E-state index contributed by atoms with van der Waals surface area (Å²) in [5.74, 6) is 1.62. The number of rotatable bonds is 5. The topological polar surface area (TPSA) is 64.4 Å². The number of hydrogen-bond donors (Lipinski definition) is 1. The average Bonchev–Trinajstić information content (AvgIpc) is 3.05. The van der Waals surface area contributed by atoms with Crippen LogP contribution in [0, 0.1) is 0 Å². The van der Waals surface area contributed by atoms with Gasteiger partial charge in [0, 0.05) is 23.6 Å². The molecule has 5 nitrogen and oxygen atoms in total. The summed E-state index contributed by atoms with van der Waals surface area (Å²) in [6.45, 7) is 1.88. The smallest absolute Gasteiger partial charge is 0.258 e. The van der Waals surface area contributed by atoms with Crippen molar-refractivity contribution >= 4 is 16.9 Å². The molecule has 0 spiro atoms. The molecule has 1 atom stereocenters. The van der Waals surface area contributed by atoms with E-state index in [2.05, 4.69) is 10.3 Å². The number of carbonyl (C=O) groups excluding carboxylic acids is 1. The molecule has 3 aromatic rings. The largest absolute Gasteiger partial charge is 0.484 e. The number of fused-ring (bicyclic) bond motifs is 3. The molecule has 0 saturated carbocycles. The molecule has 0 saturated heterocycles. The van der Waals surface area contributed by atoms with Crippen LogP contribution in [0.1, 0.15) is 42.8 Å². The molecule has 1 N–H and O–H groups in total. The summed E-state index contributed by atoms with van der Waals surface area (Å²) < 4.78 is 11.6. The van der Waals surface area contributed by atoms with Crippen molar-refractivity contribution in [2.75, 3.05) is 6.61 Å². The number of furan rings is 1. The van der Waals surface area contributed by atoms with Gasteiger partial charge < -0.3 is 14.5 Å². The lowest BCUT2D eigenvalue weighted by Gasteiger charge is -2.14. The van der Waals surface area contributed by atoms with Crippen molar-refractivity contribution in [1.82, 2.24) is 10.3 Å². The third-order valence-corrected chi connectivity index (χ3v) is 4.81. The number of nitrogens with one attached hydrogen (secondary N) is 1. The second kappa shape index (κ2) is 7.20. The van der Waals surface area contributed by atoms with Crippen LogP contribution in [0.25, 0.3) is 11.0 Å². The van der Waals surface area contributed by atoms with Crippen molar-refractivity contribution < 1.29 is 13.9 Å². The van der Waals surface area contributed by atoms with E-state index < -0.39 is 0 Å². The minimum absolute atomic E-state index is 0.0251. The average molecular weight is 350 g/mol. The van der Waals surface area contributed by atoms with Crippen molar-refractivity contribution in [1.29, 1.82) is 0 Å². The zero-order valence-electron chi connectivity index (χ0n) is 14.8. The Hall–Kier alpha value is -2.82. The molecular formula is C21H22N2O3. The Morgan fingerprint density at radius 3 is 3.00 bits per heavy atom. The van der Waals surface area contributed by atoms with Crippen LogP contribution in [0.5, 0.6) is 5.75 Å². The lowest BCUT2D eigenvalue weighted by atomic mass is 9.96. The molecule has 134 valence electrons. The van der Waals surface area contributed by atoms with Gasteiger partial charge in [0.25, 0.3) is 5.91 Å². The predicted molar refractivity (Wildman–Crippen MR) is 99.1 cm³/mol. The van der Waals surface area contributed by atoms with Crippen molar-refractivity contribution in [2.45, 2.75) is 38.6 Å². The summed E-state index contributed by atoms with van der Waals surface area (Å²) in [6.07, 6.45) is 6.16. The van der Waals surface area contributed by atoms with Gasteiger partial charge in [-0.25, -0.2) is 0 Å². The van der Waals surface area contributed by atoms with Gasteiger partial charge in [-0.2, -0.15) is 0 Å². The van der Waals surface area contributed by atoms with E-state index in [0.29, 0.717) is 5.75 Å². The Labute approximate surface area is 152 Å². The van der Waals surface area contributed by atoms with E-state index in [4.69, 9.17) is 9.15 Å². The van der Waals surface area contributed by atoms with Crippen molar-refractivity contribution in [3.8, 4) is 5.75 Å². The highest BCUT2D eigenvalue weighted by molar-refractivity contribution is 5.84. The SMILES string of the molecule is C[C@H](NC(=O)COc1ccc2oc3c(c2c1)CCCC3)c1ccccn1. The van der Waals surface area contributed by atoms with Crippen LogP contribution < -0.4 is 10.1 Å². The number of ether oxygens (including phenoxy) is 1. The number of hydrogen-bond acceptors (Lipinski definition) is 4. The van der Waals surface area contributed by atoms with Gasteiger partial charge in [-0.15, -0.1) is 0 Å². The third kappa shape index (κ3) is 3.43. The van der Waals surface area contributed by atoms with E-state index in [1.807, 2.05) is 43.3 Å². The fourth-order valence-corrected chi connectivity index (χ4v) is 3.47. The van der Waals surface area contributed by atoms with E-state index in [0.717, 1.165) is 35.3 Å². The van der Waals surface area contributed by atoms with Gasteiger partial charge >= 0.3 is 0 Å². The van der Waals surface area contributed by atoms with E-state index >= 15 is 0 Å². The minimum atomic E-state index is -0.169. The first-order chi connectivity index (χ1) is 12.7. The number of amides is 1. The molecular weight excluding hydrogens is 328 g/mol. The lowest BCUT2D eigenvalue weighted by Crippen LogP contribution is -2.31. The van der Waals surface area contributed by atoms with E-state index in [1.54, 1.807) is 6.20 Å². The fourth-order valence-electron chi connectivity index (χ4n) is 3.47. The first-order valence-electron chi connectivity index (χ1n) is 9.08. The summed E-state index contributed by atoms with van der Waals surface area (Å²) in [5, 5.41) is 4.01. The molecule has 0 fully saturated rings. The molecule has 26 heavy (non-hydrogen) atoms. The highest BCUT2D eigenvalue weighted by Crippen LogP contribution is 2.33. The van der Waals surface area contributed by atoms with Crippen molar-refractivity contribution in [3.05, 3.63) is 59.6 Å². The normalized spacial score (nSPS) is 14.7. The standard InChI is InChI=1S/C21H22N2O3/c1-14(18-7-4-5-11-22-18)23-21(24)13-25-15-9-10-20-17(12-15)16-6-2-3-8-19(16)26-20/h4-5,7,9-12,14H,2-3,6,8,13H2,1H3,(H,23,24)/t14-/m0/s1. The Morgan fingerprint density at radius 2 is 2.15 bits per heavy atom. The first-order valence-corrected chi connectivity index (χ1v) is 9.08. The Bertz CT molecular complexity index is 918. The second-order valence-corrected chi connectivity index (χ2v) is 6.70. The Kier molecular flexibility index (Phi) is 4.61. The number of aryl methyl sites for hydroxylation is 2. The third-order valence-electron chi connectivity index (χ3n) is 4.81. The molecule has 4 rings (SSSR count). The minimum Gasteiger partial charge on any atom is -0.484 e. The zero-order valence-corrected chi connectivity index (χ0v) is 14.8. The monoisotopic (exact) mass is 350 g/mol. The highest BCUT2D eigenvalue weighted by Gasteiger charge is 2.18. The molecule has 0 unspecified atom stereocenters. The molecule has 5 heteroatoms. The molecule has 0 aliphatic heterocycles.